The summed E-state index contributed by atoms with van der Waals surface area (Å²) in [4.78, 5) is 4.31. The monoisotopic (exact) mass is 247 g/mol. The van der Waals surface area contributed by atoms with Crippen molar-refractivity contribution in [1.29, 1.82) is 0 Å². The maximum absolute atomic E-state index is 4.36. The Labute approximate surface area is 108 Å². The topological polar surface area (TPSA) is 47.7 Å². The Kier molecular flexibility index (Phi) is 3.81. The van der Waals surface area contributed by atoms with Crippen LogP contribution in [0.15, 0.2) is 18.6 Å². The van der Waals surface area contributed by atoms with Crippen LogP contribution in [0.4, 0.5) is 0 Å². The first kappa shape index (κ1) is 12.8. The van der Waals surface area contributed by atoms with Crippen LogP contribution in [0.1, 0.15) is 30.0 Å². The third kappa shape index (κ3) is 2.79. The third-order valence-corrected chi connectivity index (χ3v) is 3.24. The van der Waals surface area contributed by atoms with Gasteiger partial charge in [0.05, 0.1) is 5.69 Å². The Bertz CT molecular complexity index is 511. The van der Waals surface area contributed by atoms with E-state index in [1.165, 1.54) is 5.56 Å². The standard InChI is InChI=1S/C13H21N5/c1-10(12-9-18(4)16-11(12)2)14-6-5-13-15-7-8-17(13)3/h7-10,14H,5-6H2,1-4H3. The second-order valence-electron chi connectivity index (χ2n) is 4.72. The van der Waals surface area contributed by atoms with E-state index in [0.717, 1.165) is 24.5 Å². The van der Waals surface area contributed by atoms with Gasteiger partial charge in [-0.2, -0.15) is 5.10 Å². The van der Waals surface area contributed by atoms with Gasteiger partial charge in [0, 0.05) is 57.3 Å². The highest BCUT2D eigenvalue weighted by atomic mass is 15.3. The molecule has 5 heteroatoms. The predicted octanol–water partition coefficient (Wildman–Crippen LogP) is 1.36. The molecule has 0 aromatic carbocycles. The lowest BCUT2D eigenvalue weighted by Crippen LogP contribution is -2.22. The largest absolute Gasteiger partial charge is 0.338 e. The fourth-order valence-corrected chi connectivity index (χ4v) is 2.19. The smallest absolute Gasteiger partial charge is 0.109 e. The lowest BCUT2D eigenvalue weighted by atomic mass is 10.1. The summed E-state index contributed by atoms with van der Waals surface area (Å²) in [5.41, 5.74) is 2.35. The van der Waals surface area contributed by atoms with Gasteiger partial charge in [-0.15, -0.1) is 0 Å². The first-order valence-corrected chi connectivity index (χ1v) is 6.27. The third-order valence-electron chi connectivity index (χ3n) is 3.24. The van der Waals surface area contributed by atoms with E-state index in [0.29, 0.717) is 6.04 Å². The van der Waals surface area contributed by atoms with Gasteiger partial charge >= 0.3 is 0 Å². The van der Waals surface area contributed by atoms with E-state index in [1.807, 2.05) is 38.1 Å². The summed E-state index contributed by atoms with van der Waals surface area (Å²) in [5.74, 6) is 1.11. The van der Waals surface area contributed by atoms with Gasteiger partial charge in [0.25, 0.3) is 0 Å². The molecule has 1 atom stereocenters. The van der Waals surface area contributed by atoms with E-state index in [1.54, 1.807) is 0 Å². The molecule has 1 N–H and O–H groups in total. The highest BCUT2D eigenvalue weighted by molar-refractivity contribution is 5.19. The van der Waals surface area contributed by atoms with Crippen LogP contribution in [-0.4, -0.2) is 25.9 Å². The Morgan fingerprint density at radius 2 is 2.17 bits per heavy atom. The highest BCUT2D eigenvalue weighted by Crippen LogP contribution is 2.15. The van der Waals surface area contributed by atoms with Gasteiger partial charge in [-0.1, -0.05) is 0 Å². The molecule has 0 saturated carbocycles. The maximum Gasteiger partial charge on any atom is 0.109 e. The number of aromatic nitrogens is 4. The Morgan fingerprint density at radius 1 is 1.39 bits per heavy atom. The normalized spacial score (nSPS) is 12.9. The van der Waals surface area contributed by atoms with Crippen molar-refractivity contribution in [3.63, 3.8) is 0 Å². The fraction of sp³-hybridized carbons (Fsp3) is 0.538. The number of nitrogens with zero attached hydrogens (tertiary/aromatic N) is 4. The van der Waals surface area contributed by atoms with Crippen molar-refractivity contribution in [2.24, 2.45) is 14.1 Å². The van der Waals surface area contributed by atoms with Crippen LogP contribution in [0.5, 0.6) is 0 Å². The highest BCUT2D eigenvalue weighted by Gasteiger charge is 2.11. The van der Waals surface area contributed by atoms with Crippen LogP contribution in [-0.2, 0) is 20.5 Å². The predicted molar refractivity (Wildman–Crippen MR) is 71.3 cm³/mol. The van der Waals surface area contributed by atoms with Crippen LogP contribution in [0, 0.1) is 6.92 Å². The summed E-state index contributed by atoms with van der Waals surface area (Å²) >= 11 is 0. The molecule has 5 nitrogen and oxygen atoms in total. The minimum Gasteiger partial charge on any atom is -0.338 e. The molecule has 0 amide bonds. The van der Waals surface area contributed by atoms with Gasteiger partial charge in [0.1, 0.15) is 5.82 Å². The molecule has 0 spiro atoms. The fourth-order valence-electron chi connectivity index (χ4n) is 2.19. The molecule has 2 aromatic heterocycles. The van der Waals surface area contributed by atoms with E-state index in [4.69, 9.17) is 0 Å². The average molecular weight is 247 g/mol. The summed E-state index contributed by atoms with van der Waals surface area (Å²) in [6.07, 6.45) is 6.83. The Hall–Kier alpha value is -1.62. The van der Waals surface area contributed by atoms with E-state index < -0.39 is 0 Å². The van der Waals surface area contributed by atoms with Gasteiger partial charge < -0.3 is 9.88 Å². The number of hydrogen-bond acceptors (Lipinski definition) is 3. The number of rotatable bonds is 5. The molecule has 0 radical (unpaired) electrons. The van der Waals surface area contributed by atoms with Gasteiger partial charge in [-0.25, -0.2) is 4.98 Å². The van der Waals surface area contributed by atoms with Crippen molar-refractivity contribution < 1.29 is 0 Å². The molecule has 2 heterocycles. The number of aryl methyl sites for hydroxylation is 3. The second kappa shape index (κ2) is 5.35. The summed E-state index contributed by atoms with van der Waals surface area (Å²) in [5, 5.41) is 7.88. The van der Waals surface area contributed by atoms with Crippen molar-refractivity contribution in [3.8, 4) is 0 Å². The van der Waals surface area contributed by atoms with Gasteiger partial charge in [0.2, 0.25) is 0 Å². The quantitative estimate of drug-likeness (QED) is 0.867. The summed E-state index contributed by atoms with van der Waals surface area (Å²) < 4.78 is 3.92. The average Bonchev–Trinajstić information content (AvgIpc) is 2.85. The molecule has 0 aliphatic rings. The minimum absolute atomic E-state index is 0.318. The van der Waals surface area contributed by atoms with Crippen molar-refractivity contribution >= 4 is 0 Å². The van der Waals surface area contributed by atoms with E-state index >= 15 is 0 Å². The Balaban J connectivity index is 1.87. The molecule has 1 unspecified atom stereocenters. The zero-order chi connectivity index (χ0) is 13.1. The number of imidazole rings is 1. The van der Waals surface area contributed by atoms with Gasteiger partial charge in [-0.3, -0.25) is 4.68 Å². The van der Waals surface area contributed by atoms with Crippen LogP contribution < -0.4 is 5.32 Å². The summed E-state index contributed by atoms with van der Waals surface area (Å²) in [6, 6.07) is 0.318. The molecule has 2 rings (SSSR count). The summed E-state index contributed by atoms with van der Waals surface area (Å²) in [6.45, 7) is 5.13. The van der Waals surface area contributed by atoms with Crippen LogP contribution in [0.25, 0.3) is 0 Å². The molecule has 18 heavy (non-hydrogen) atoms. The molecule has 98 valence electrons. The first-order chi connectivity index (χ1) is 8.58. The van der Waals surface area contributed by atoms with Crippen molar-refractivity contribution in [1.82, 2.24) is 24.6 Å². The maximum atomic E-state index is 4.36. The van der Waals surface area contributed by atoms with E-state index in [9.17, 15) is 0 Å². The van der Waals surface area contributed by atoms with Crippen LogP contribution >= 0.6 is 0 Å². The molecule has 0 bridgehead atoms. The SMILES string of the molecule is Cc1nn(C)cc1C(C)NCCc1nccn1C. The minimum atomic E-state index is 0.318. The van der Waals surface area contributed by atoms with E-state index in [2.05, 4.69) is 33.1 Å². The molecule has 0 fully saturated rings. The Morgan fingerprint density at radius 3 is 2.72 bits per heavy atom. The van der Waals surface area contributed by atoms with Crippen molar-refractivity contribution in [3.05, 3.63) is 35.7 Å². The van der Waals surface area contributed by atoms with Gasteiger partial charge in [-0.05, 0) is 13.8 Å². The number of nitrogens with one attached hydrogen (secondary N) is 1. The molecule has 0 aliphatic carbocycles. The second-order valence-corrected chi connectivity index (χ2v) is 4.72. The van der Waals surface area contributed by atoms with Crippen LogP contribution in [0.2, 0.25) is 0 Å². The molecular weight excluding hydrogens is 226 g/mol. The molecular formula is C13H21N5. The summed E-state index contributed by atoms with van der Waals surface area (Å²) in [7, 11) is 3.98. The number of hydrogen-bond donors (Lipinski definition) is 1. The lowest BCUT2D eigenvalue weighted by Gasteiger charge is -2.12. The van der Waals surface area contributed by atoms with Crippen molar-refractivity contribution in [2.45, 2.75) is 26.3 Å². The zero-order valence-electron chi connectivity index (χ0n) is 11.5. The first-order valence-electron chi connectivity index (χ1n) is 6.27. The van der Waals surface area contributed by atoms with E-state index in [-0.39, 0.29) is 0 Å². The molecule has 0 saturated heterocycles. The molecule has 0 aliphatic heterocycles. The van der Waals surface area contributed by atoms with Gasteiger partial charge in [0.15, 0.2) is 0 Å². The lowest BCUT2D eigenvalue weighted by molar-refractivity contribution is 0.562. The zero-order valence-corrected chi connectivity index (χ0v) is 11.5. The molecule has 2 aromatic rings. The van der Waals surface area contributed by atoms with Crippen LogP contribution in [0.3, 0.4) is 0 Å². The van der Waals surface area contributed by atoms with Crippen molar-refractivity contribution in [2.75, 3.05) is 6.54 Å².